The van der Waals surface area contributed by atoms with Crippen LogP contribution in [0.15, 0.2) is 45.1 Å². The first-order valence-corrected chi connectivity index (χ1v) is 10.3. The van der Waals surface area contributed by atoms with Crippen LogP contribution in [0.1, 0.15) is 23.7 Å². The molecule has 1 atom stereocenters. The highest BCUT2D eigenvalue weighted by Crippen LogP contribution is 2.40. The van der Waals surface area contributed by atoms with Crippen LogP contribution in [0.3, 0.4) is 0 Å². The van der Waals surface area contributed by atoms with Crippen molar-refractivity contribution >= 4 is 27.0 Å². The fourth-order valence-corrected chi connectivity index (χ4v) is 6.35. The molecule has 130 valence electrons. The molecule has 0 amide bonds. The molecule has 0 bridgehead atoms. The van der Waals surface area contributed by atoms with Crippen LogP contribution >= 0.6 is 11.3 Å². The van der Waals surface area contributed by atoms with Crippen LogP contribution in [0.4, 0.5) is 5.69 Å². The zero-order valence-electron chi connectivity index (χ0n) is 14.2. The second-order valence-corrected chi connectivity index (χ2v) is 9.45. The van der Waals surface area contributed by atoms with Crippen molar-refractivity contribution in [1.82, 2.24) is 5.16 Å². The van der Waals surface area contributed by atoms with Crippen LogP contribution in [-0.2, 0) is 16.4 Å². The predicted octanol–water partition coefficient (Wildman–Crippen LogP) is 4.16. The highest BCUT2D eigenvalue weighted by molar-refractivity contribution is 7.94. The SMILES string of the molecule is Cc1noc(-c2ccc(S(=O)(=O)N3c4ccccc4CC3C)s2)c1C. The summed E-state index contributed by atoms with van der Waals surface area (Å²) in [6, 6.07) is 11.0. The van der Waals surface area contributed by atoms with E-state index in [1.54, 1.807) is 12.1 Å². The number of fused-ring (bicyclic) bond motifs is 1. The lowest BCUT2D eigenvalue weighted by Gasteiger charge is -2.23. The second-order valence-electron chi connectivity index (χ2n) is 6.32. The molecular weight excluding hydrogens is 356 g/mol. The van der Waals surface area contributed by atoms with Gasteiger partial charge in [0, 0.05) is 11.6 Å². The number of hydrogen-bond acceptors (Lipinski definition) is 5. The molecule has 2 aromatic heterocycles. The Morgan fingerprint density at radius 3 is 2.68 bits per heavy atom. The number of anilines is 1. The van der Waals surface area contributed by atoms with Gasteiger partial charge < -0.3 is 4.52 Å². The Kier molecular flexibility index (Phi) is 3.73. The number of hydrogen-bond donors (Lipinski definition) is 0. The number of nitrogens with zero attached hydrogens (tertiary/aromatic N) is 2. The van der Waals surface area contributed by atoms with Gasteiger partial charge >= 0.3 is 0 Å². The van der Waals surface area contributed by atoms with Gasteiger partial charge in [-0.3, -0.25) is 4.31 Å². The minimum Gasteiger partial charge on any atom is -0.355 e. The van der Waals surface area contributed by atoms with E-state index in [-0.39, 0.29) is 6.04 Å². The maximum absolute atomic E-state index is 13.2. The largest absolute Gasteiger partial charge is 0.355 e. The number of sulfonamides is 1. The molecule has 7 heteroatoms. The number of aromatic nitrogens is 1. The van der Waals surface area contributed by atoms with Crippen molar-refractivity contribution in [3.8, 4) is 10.6 Å². The van der Waals surface area contributed by atoms with E-state index in [0.717, 1.165) is 33.8 Å². The third-order valence-electron chi connectivity index (χ3n) is 4.62. The molecule has 1 aliphatic heterocycles. The van der Waals surface area contributed by atoms with Gasteiger partial charge in [-0.1, -0.05) is 23.4 Å². The van der Waals surface area contributed by atoms with Gasteiger partial charge in [0.15, 0.2) is 5.76 Å². The van der Waals surface area contributed by atoms with E-state index in [1.165, 1.54) is 15.6 Å². The van der Waals surface area contributed by atoms with Gasteiger partial charge in [-0.15, -0.1) is 11.3 Å². The molecule has 0 saturated carbocycles. The van der Waals surface area contributed by atoms with Crippen molar-refractivity contribution in [3.05, 3.63) is 53.2 Å². The molecule has 25 heavy (non-hydrogen) atoms. The van der Waals surface area contributed by atoms with E-state index in [0.29, 0.717) is 9.97 Å². The van der Waals surface area contributed by atoms with Crippen molar-refractivity contribution in [1.29, 1.82) is 0 Å². The van der Waals surface area contributed by atoms with E-state index in [9.17, 15) is 8.42 Å². The highest BCUT2D eigenvalue weighted by Gasteiger charge is 2.36. The van der Waals surface area contributed by atoms with Gasteiger partial charge in [-0.2, -0.15) is 0 Å². The molecule has 0 aliphatic carbocycles. The first-order chi connectivity index (χ1) is 11.9. The molecule has 0 radical (unpaired) electrons. The molecule has 1 unspecified atom stereocenters. The van der Waals surface area contributed by atoms with Crippen LogP contribution in [0.25, 0.3) is 10.6 Å². The molecular formula is C18H18N2O3S2. The van der Waals surface area contributed by atoms with Crippen molar-refractivity contribution < 1.29 is 12.9 Å². The van der Waals surface area contributed by atoms with Gasteiger partial charge in [-0.25, -0.2) is 8.42 Å². The molecule has 0 spiro atoms. The summed E-state index contributed by atoms with van der Waals surface area (Å²) in [5.74, 6) is 0.638. The summed E-state index contributed by atoms with van der Waals surface area (Å²) in [5, 5.41) is 3.96. The number of rotatable bonds is 3. The number of para-hydroxylation sites is 1. The molecule has 1 aliphatic rings. The Balaban J connectivity index is 1.76. The minimum absolute atomic E-state index is 0.0952. The van der Waals surface area contributed by atoms with Gasteiger partial charge in [0.25, 0.3) is 10.0 Å². The van der Waals surface area contributed by atoms with Crippen LogP contribution in [0, 0.1) is 13.8 Å². The van der Waals surface area contributed by atoms with E-state index in [4.69, 9.17) is 4.52 Å². The quantitative estimate of drug-likeness (QED) is 0.690. The van der Waals surface area contributed by atoms with Gasteiger partial charge in [0.1, 0.15) is 4.21 Å². The third kappa shape index (κ3) is 2.49. The second kappa shape index (κ2) is 5.71. The standard InChI is InChI=1S/C18H18N2O3S2/c1-11-10-14-6-4-5-7-15(14)20(11)25(21,22)17-9-8-16(24-17)18-12(2)13(3)19-23-18/h4-9,11H,10H2,1-3H3. The third-order valence-corrected chi connectivity index (χ3v) is 8.10. The summed E-state index contributed by atoms with van der Waals surface area (Å²) in [6.45, 7) is 5.74. The summed E-state index contributed by atoms with van der Waals surface area (Å²) in [6.07, 6.45) is 0.730. The fourth-order valence-electron chi connectivity index (χ4n) is 3.23. The predicted molar refractivity (Wildman–Crippen MR) is 98.6 cm³/mol. The molecule has 0 saturated heterocycles. The topological polar surface area (TPSA) is 63.4 Å². The zero-order chi connectivity index (χ0) is 17.8. The van der Waals surface area contributed by atoms with E-state index < -0.39 is 10.0 Å². The van der Waals surface area contributed by atoms with E-state index in [1.807, 2.05) is 45.0 Å². The Bertz CT molecular complexity index is 1050. The maximum atomic E-state index is 13.2. The molecule has 5 nitrogen and oxygen atoms in total. The van der Waals surface area contributed by atoms with Crippen LogP contribution in [-0.4, -0.2) is 19.6 Å². The van der Waals surface area contributed by atoms with E-state index >= 15 is 0 Å². The molecule has 3 heterocycles. The minimum atomic E-state index is -3.60. The number of benzene rings is 1. The summed E-state index contributed by atoms with van der Waals surface area (Å²) in [7, 11) is -3.60. The van der Waals surface area contributed by atoms with Gasteiger partial charge in [-0.05, 0) is 51.0 Å². The normalized spacial score (nSPS) is 17.1. The van der Waals surface area contributed by atoms with Crippen LogP contribution in [0.2, 0.25) is 0 Å². The summed E-state index contributed by atoms with van der Waals surface area (Å²) in [5.41, 5.74) is 3.59. The first kappa shape index (κ1) is 16.4. The Labute approximate surface area is 150 Å². The smallest absolute Gasteiger partial charge is 0.274 e. The molecule has 3 aromatic rings. The fraction of sp³-hybridized carbons (Fsp3) is 0.278. The lowest BCUT2D eigenvalue weighted by Crippen LogP contribution is -2.35. The van der Waals surface area contributed by atoms with Gasteiger partial charge in [0.2, 0.25) is 0 Å². The van der Waals surface area contributed by atoms with Crippen LogP contribution in [0.5, 0.6) is 0 Å². The molecule has 4 rings (SSSR count). The lowest BCUT2D eigenvalue weighted by molar-refractivity contribution is 0.427. The lowest BCUT2D eigenvalue weighted by atomic mass is 10.1. The molecule has 1 aromatic carbocycles. The van der Waals surface area contributed by atoms with E-state index in [2.05, 4.69) is 5.16 Å². The number of aryl methyl sites for hydroxylation is 1. The summed E-state index contributed by atoms with van der Waals surface area (Å²) < 4.78 is 33.7. The monoisotopic (exact) mass is 374 g/mol. The van der Waals surface area contributed by atoms with Gasteiger partial charge in [0.05, 0.1) is 16.3 Å². The summed E-state index contributed by atoms with van der Waals surface area (Å²) >= 11 is 1.22. The Morgan fingerprint density at radius 2 is 1.96 bits per heavy atom. The average molecular weight is 374 g/mol. The zero-order valence-corrected chi connectivity index (χ0v) is 15.8. The Morgan fingerprint density at radius 1 is 1.20 bits per heavy atom. The van der Waals surface area contributed by atoms with Crippen molar-refractivity contribution in [2.24, 2.45) is 0 Å². The molecule has 0 fully saturated rings. The van der Waals surface area contributed by atoms with Crippen molar-refractivity contribution in [2.45, 2.75) is 37.4 Å². The highest BCUT2D eigenvalue weighted by atomic mass is 32.2. The summed E-state index contributed by atoms with van der Waals surface area (Å²) in [4.78, 5) is 0.775. The molecule has 0 N–H and O–H groups in total. The number of thiophene rings is 1. The maximum Gasteiger partial charge on any atom is 0.274 e. The Hall–Kier alpha value is -2.12. The first-order valence-electron chi connectivity index (χ1n) is 8.05. The van der Waals surface area contributed by atoms with Crippen LogP contribution < -0.4 is 4.31 Å². The average Bonchev–Trinajstić information content (AvgIpc) is 3.25. The van der Waals surface area contributed by atoms with Crippen molar-refractivity contribution in [2.75, 3.05) is 4.31 Å². The van der Waals surface area contributed by atoms with Crippen molar-refractivity contribution in [3.63, 3.8) is 0 Å².